The van der Waals surface area contributed by atoms with Gasteiger partial charge in [-0.15, -0.1) is 0 Å². The van der Waals surface area contributed by atoms with E-state index in [4.69, 9.17) is 9.15 Å². The van der Waals surface area contributed by atoms with Crippen LogP contribution < -0.4 is 0 Å². The fraction of sp³-hybridized carbons (Fsp3) is 0.429. The van der Waals surface area contributed by atoms with Crippen molar-refractivity contribution in [2.75, 3.05) is 19.7 Å². The van der Waals surface area contributed by atoms with Gasteiger partial charge in [0.15, 0.2) is 5.76 Å². The first-order chi connectivity index (χ1) is 13.4. The molecule has 0 aliphatic carbocycles. The molecule has 0 unspecified atom stereocenters. The minimum Gasteiger partial charge on any atom is -0.466 e. The second kappa shape index (κ2) is 8.12. The molecule has 1 aromatic carbocycles. The van der Waals surface area contributed by atoms with Crippen LogP contribution in [0.2, 0.25) is 0 Å². The Bertz CT molecular complexity index is 879. The molecule has 0 spiro atoms. The first-order valence-electron chi connectivity index (χ1n) is 9.31. The number of halogens is 2. The molecule has 0 N–H and O–H groups in total. The zero-order chi connectivity index (χ0) is 20.3. The number of aryl methyl sites for hydroxylation is 1. The predicted octanol–water partition coefficient (Wildman–Crippen LogP) is 3.89. The van der Waals surface area contributed by atoms with E-state index in [0.717, 1.165) is 12.1 Å². The summed E-state index contributed by atoms with van der Waals surface area (Å²) in [5.74, 6) is -1.95. The molecular formula is C21H23F2NO4. The molecule has 1 fully saturated rings. The van der Waals surface area contributed by atoms with E-state index < -0.39 is 23.0 Å². The smallest absolute Gasteiger partial charge is 0.314 e. The summed E-state index contributed by atoms with van der Waals surface area (Å²) < 4.78 is 38.1. The Balaban J connectivity index is 1.91. The molecule has 1 aliphatic rings. The monoisotopic (exact) mass is 391 g/mol. The Morgan fingerprint density at radius 2 is 2.07 bits per heavy atom. The maximum Gasteiger partial charge on any atom is 0.314 e. The van der Waals surface area contributed by atoms with Crippen LogP contribution in [-0.2, 0) is 16.0 Å². The van der Waals surface area contributed by atoms with E-state index in [1.807, 2.05) is 0 Å². The summed E-state index contributed by atoms with van der Waals surface area (Å²) in [6.45, 7) is 4.20. The second-order valence-corrected chi connectivity index (χ2v) is 7.18. The lowest BCUT2D eigenvalue weighted by Crippen LogP contribution is -2.51. The molecule has 1 aliphatic heterocycles. The lowest BCUT2D eigenvalue weighted by atomic mass is 9.74. The van der Waals surface area contributed by atoms with E-state index in [0.29, 0.717) is 24.9 Å². The van der Waals surface area contributed by atoms with Gasteiger partial charge in [0.1, 0.15) is 11.6 Å². The zero-order valence-electron chi connectivity index (χ0n) is 16.0. The van der Waals surface area contributed by atoms with Crippen molar-refractivity contribution in [2.24, 2.45) is 5.41 Å². The van der Waals surface area contributed by atoms with Crippen molar-refractivity contribution in [1.29, 1.82) is 0 Å². The summed E-state index contributed by atoms with van der Waals surface area (Å²) in [5.41, 5.74) is -0.164. The number of hydrogen-bond donors (Lipinski definition) is 0. The number of piperidine rings is 1. The summed E-state index contributed by atoms with van der Waals surface area (Å²) in [5, 5.41) is 0. The Kier molecular flexibility index (Phi) is 5.82. The molecule has 1 saturated heterocycles. The highest BCUT2D eigenvalue weighted by molar-refractivity contribution is 5.93. The molecular weight excluding hydrogens is 368 g/mol. The molecule has 0 bridgehead atoms. The van der Waals surface area contributed by atoms with Gasteiger partial charge in [-0.2, -0.15) is 0 Å². The predicted molar refractivity (Wildman–Crippen MR) is 97.7 cm³/mol. The number of amides is 1. The Labute approximate surface area is 162 Å². The molecule has 7 heteroatoms. The first kappa shape index (κ1) is 20.0. The summed E-state index contributed by atoms with van der Waals surface area (Å²) in [6.07, 6.45) is 2.48. The van der Waals surface area contributed by atoms with Gasteiger partial charge in [-0.1, -0.05) is 6.07 Å². The number of carbonyl (C=O) groups excluding carboxylic acids is 2. The molecule has 0 saturated carbocycles. The van der Waals surface area contributed by atoms with Crippen LogP contribution >= 0.6 is 0 Å². The average molecular weight is 391 g/mol. The Morgan fingerprint density at radius 3 is 2.71 bits per heavy atom. The van der Waals surface area contributed by atoms with Crippen molar-refractivity contribution >= 4 is 11.9 Å². The highest BCUT2D eigenvalue weighted by Gasteiger charge is 2.45. The van der Waals surface area contributed by atoms with Crippen LogP contribution in [0.1, 0.15) is 41.4 Å². The van der Waals surface area contributed by atoms with Gasteiger partial charge in [0, 0.05) is 24.7 Å². The molecule has 3 rings (SSSR count). The van der Waals surface area contributed by atoms with E-state index in [1.165, 1.54) is 12.3 Å². The molecule has 1 amide bonds. The third-order valence-corrected chi connectivity index (χ3v) is 5.17. The molecule has 1 atom stereocenters. The number of esters is 1. The van der Waals surface area contributed by atoms with Crippen LogP contribution in [0.5, 0.6) is 0 Å². The molecule has 5 nitrogen and oxygen atoms in total. The first-order valence-corrected chi connectivity index (χ1v) is 9.31. The van der Waals surface area contributed by atoms with Crippen molar-refractivity contribution < 1.29 is 27.5 Å². The highest BCUT2D eigenvalue weighted by atomic mass is 19.1. The van der Waals surface area contributed by atoms with Gasteiger partial charge in [0.05, 0.1) is 18.3 Å². The van der Waals surface area contributed by atoms with Gasteiger partial charge in [0.2, 0.25) is 0 Å². The molecule has 2 aromatic rings. The molecule has 28 heavy (non-hydrogen) atoms. The number of nitrogens with zero attached hydrogens (tertiary/aromatic N) is 1. The fourth-order valence-electron chi connectivity index (χ4n) is 3.74. The minimum absolute atomic E-state index is 0.0267. The third-order valence-electron chi connectivity index (χ3n) is 5.17. The average Bonchev–Trinajstić information content (AvgIpc) is 3.10. The third kappa shape index (κ3) is 3.93. The minimum atomic E-state index is -1.09. The highest BCUT2D eigenvalue weighted by Crippen LogP contribution is 2.36. The van der Waals surface area contributed by atoms with E-state index in [1.54, 1.807) is 24.8 Å². The summed E-state index contributed by atoms with van der Waals surface area (Å²) in [7, 11) is 0. The Hall–Kier alpha value is -2.70. The quantitative estimate of drug-likeness (QED) is 0.726. The van der Waals surface area contributed by atoms with E-state index in [2.05, 4.69) is 0 Å². The zero-order valence-corrected chi connectivity index (χ0v) is 16.0. The number of likely N-dealkylation sites (tertiary alicyclic amines) is 1. The summed E-state index contributed by atoms with van der Waals surface area (Å²) in [4.78, 5) is 27.3. The van der Waals surface area contributed by atoms with Crippen LogP contribution in [0, 0.1) is 24.0 Å². The molecule has 150 valence electrons. The topological polar surface area (TPSA) is 59.8 Å². The number of carbonyl (C=O) groups is 2. The van der Waals surface area contributed by atoms with Gasteiger partial charge < -0.3 is 14.1 Å². The lowest BCUT2D eigenvalue weighted by molar-refractivity contribution is -0.158. The van der Waals surface area contributed by atoms with Gasteiger partial charge in [-0.25, -0.2) is 8.78 Å². The lowest BCUT2D eigenvalue weighted by Gasteiger charge is -2.41. The van der Waals surface area contributed by atoms with Crippen molar-refractivity contribution in [3.63, 3.8) is 0 Å². The molecule has 0 radical (unpaired) electrons. The number of rotatable bonds is 5. The van der Waals surface area contributed by atoms with Gasteiger partial charge in [-0.3, -0.25) is 9.59 Å². The Morgan fingerprint density at radius 1 is 1.29 bits per heavy atom. The van der Waals surface area contributed by atoms with E-state index in [9.17, 15) is 18.4 Å². The maximum absolute atomic E-state index is 14.3. The normalized spacial score (nSPS) is 19.5. The fourth-order valence-corrected chi connectivity index (χ4v) is 3.74. The van der Waals surface area contributed by atoms with Crippen LogP contribution in [0.3, 0.4) is 0 Å². The second-order valence-electron chi connectivity index (χ2n) is 7.18. The maximum atomic E-state index is 14.3. The van der Waals surface area contributed by atoms with E-state index >= 15 is 0 Å². The van der Waals surface area contributed by atoms with Crippen molar-refractivity contribution in [2.45, 2.75) is 33.1 Å². The number of furan rings is 1. The summed E-state index contributed by atoms with van der Waals surface area (Å²) in [6, 6.07) is 4.99. The standard InChI is InChI=1S/C21H23F2NO4/c1-3-27-20(26)21(12-15-5-6-16(22)11-17(15)23)8-4-9-24(13-21)19(25)18-14(2)7-10-28-18/h5-7,10-11H,3-4,8-9,12-13H2,1-2H3/t21-/m0/s1. The van der Waals surface area contributed by atoms with Gasteiger partial charge in [-0.05, 0) is 50.8 Å². The van der Waals surface area contributed by atoms with Gasteiger partial charge in [0.25, 0.3) is 5.91 Å². The molecule has 1 aromatic heterocycles. The number of ether oxygens (including phenoxy) is 1. The van der Waals surface area contributed by atoms with Crippen LogP contribution in [0.25, 0.3) is 0 Å². The van der Waals surface area contributed by atoms with Crippen molar-refractivity contribution in [1.82, 2.24) is 4.90 Å². The van der Waals surface area contributed by atoms with Crippen LogP contribution in [0.15, 0.2) is 34.9 Å². The van der Waals surface area contributed by atoms with Crippen molar-refractivity contribution in [3.8, 4) is 0 Å². The van der Waals surface area contributed by atoms with Crippen LogP contribution in [-0.4, -0.2) is 36.5 Å². The largest absolute Gasteiger partial charge is 0.466 e. The van der Waals surface area contributed by atoms with Crippen molar-refractivity contribution in [3.05, 3.63) is 59.1 Å². The van der Waals surface area contributed by atoms with E-state index in [-0.39, 0.29) is 36.8 Å². The van der Waals surface area contributed by atoms with Crippen LogP contribution in [0.4, 0.5) is 8.78 Å². The SMILES string of the molecule is CCOC(=O)[C@]1(Cc2ccc(F)cc2F)CCCN(C(=O)c2occc2C)C1. The molecule has 2 heterocycles. The summed E-state index contributed by atoms with van der Waals surface area (Å²) >= 11 is 0. The number of hydrogen-bond acceptors (Lipinski definition) is 4. The van der Waals surface area contributed by atoms with Gasteiger partial charge >= 0.3 is 5.97 Å². The number of benzene rings is 1.